The Morgan fingerprint density at radius 3 is 2.55 bits per heavy atom. The zero-order valence-electron chi connectivity index (χ0n) is 18.3. The van der Waals surface area contributed by atoms with E-state index in [2.05, 4.69) is 0 Å². The Kier molecular flexibility index (Phi) is 6.38. The smallest absolute Gasteiger partial charge is 0.259 e. The lowest BCUT2D eigenvalue weighted by Crippen LogP contribution is -2.43. The van der Waals surface area contributed by atoms with Crippen LogP contribution < -0.4 is 10.5 Å². The van der Waals surface area contributed by atoms with Crippen LogP contribution in [-0.2, 0) is 11.2 Å². The summed E-state index contributed by atoms with van der Waals surface area (Å²) in [6.07, 6.45) is 0.848. The summed E-state index contributed by atoms with van der Waals surface area (Å²) in [7, 11) is 1.49. The molecule has 0 saturated heterocycles. The molecular weight excluding hydrogens is 443 g/mol. The second-order valence-corrected chi connectivity index (χ2v) is 8.53. The molecule has 1 aliphatic carbocycles. The predicted octanol–water partition coefficient (Wildman–Crippen LogP) is 5.15. The first kappa shape index (κ1) is 22.8. The number of primary amides is 1. The maximum Gasteiger partial charge on any atom is 0.259 e. The summed E-state index contributed by atoms with van der Waals surface area (Å²) in [4.78, 5) is 28.3. The molecule has 5 nitrogen and oxygen atoms in total. The number of methoxy groups -OCH3 is 1. The fourth-order valence-corrected chi connectivity index (χ4v) is 4.89. The van der Waals surface area contributed by atoms with E-state index in [-0.39, 0.29) is 5.02 Å². The zero-order chi connectivity index (χ0) is 23.7. The van der Waals surface area contributed by atoms with Crippen molar-refractivity contribution in [2.45, 2.75) is 31.8 Å². The average Bonchev–Trinajstić information content (AvgIpc) is 3.20. The summed E-state index contributed by atoms with van der Waals surface area (Å²) >= 11 is 6.17. The van der Waals surface area contributed by atoms with Gasteiger partial charge in [-0.25, -0.2) is 4.39 Å². The number of benzene rings is 3. The molecule has 0 bridgehead atoms. The van der Waals surface area contributed by atoms with Gasteiger partial charge in [0.25, 0.3) is 5.91 Å². The number of hydrogen-bond acceptors (Lipinski definition) is 3. The van der Waals surface area contributed by atoms with Crippen LogP contribution in [0.4, 0.5) is 4.39 Å². The number of aryl methyl sites for hydroxylation is 1. The van der Waals surface area contributed by atoms with Gasteiger partial charge in [-0.2, -0.15) is 0 Å². The minimum absolute atomic E-state index is 0.231. The highest BCUT2D eigenvalue weighted by Crippen LogP contribution is 2.43. The average molecular weight is 467 g/mol. The van der Waals surface area contributed by atoms with Gasteiger partial charge in [-0.05, 0) is 60.2 Å². The van der Waals surface area contributed by atoms with E-state index in [9.17, 15) is 14.0 Å². The number of para-hydroxylation sites is 1. The van der Waals surface area contributed by atoms with Gasteiger partial charge in [-0.15, -0.1) is 0 Å². The van der Waals surface area contributed by atoms with Crippen molar-refractivity contribution in [1.29, 1.82) is 0 Å². The van der Waals surface area contributed by atoms with E-state index in [1.54, 1.807) is 42.5 Å². The van der Waals surface area contributed by atoms with Crippen LogP contribution in [0.1, 0.15) is 51.1 Å². The molecule has 0 radical (unpaired) electrons. The lowest BCUT2D eigenvalue weighted by Gasteiger charge is -2.36. The third-order valence-corrected chi connectivity index (χ3v) is 6.32. The van der Waals surface area contributed by atoms with E-state index in [0.29, 0.717) is 40.8 Å². The van der Waals surface area contributed by atoms with Crippen LogP contribution in [-0.4, -0.2) is 23.8 Å². The third-order valence-electron chi connectivity index (χ3n) is 6.10. The standard InChI is InChI=1S/C26H24ClFN2O3/c1-15-7-6-10-19(24(15)33-2)26(32)30(23(25(29)31)16-8-4-3-5-9-16)22-12-11-18-20(22)13-17(27)14-21(18)28/h3-10,13-14,22-23H,11-12H2,1-2H3,(H2,29,31)/t22-,23-/m1/s1. The van der Waals surface area contributed by atoms with E-state index in [0.717, 1.165) is 5.56 Å². The number of halogens is 2. The summed E-state index contributed by atoms with van der Waals surface area (Å²) < 4.78 is 20.2. The van der Waals surface area contributed by atoms with Crippen molar-refractivity contribution >= 4 is 23.4 Å². The van der Waals surface area contributed by atoms with Gasteiger partial charge in [0.15, 0.2) is 0 Å². The van der Waals surface area contributed by atoms with Crippen molar-refractivity contribution in [3.63, 3.8) is 0 Å². The number of amides is 2. The number of hydrogen-bond donors (Lipinski definition) is 1. The number of nitrogens with two attached hydrogens (primary N) is 1. The summed E-state index contributed by atoms with van der Waals surface area (Å²) in [6, 6.07) is 15.4. The first-order valence-corrected chi connectivity index (χ1v) is 11.0. The van der Waals surface area contributed by atoms with Gasteiger partial charge < -0.3 is 15.4 Å². The quantitative estimate of drug-likeness (QED) is 0.546. The van der Waals surface area contributed by atoms with Crippen molar-refractivity contribution in [2.75, 3.05) is 7.11 Å². The summed E-state index contributed by atoms with van der Waals surface area (Å²) in [6.45, 7) is 1.84. The fraction of sp³-hybridized carbons (Fsp3) is 0.231. The molecule has 2 atom stereocenters. The van der Waals surface area contributed by atoms with Crippen LogP contribution >= 0.6 is 11.6 Å². The second-order valence-electron chi connectivity index (χ2n) is 8.09. The molecule has 0 fully saturated rings. The van der Waals surface area contributed by atoms with Crippen LogP contribution in [0, 0.1) is 12.7 Å². The maximum atomic E-state index is 14.7. The highest BCUT2D eigenvalue weighted by atomic mass is 35.5. The SMILES string of the molecule is COc1c(C)cccc1C(=O)N([C@@H]1CCc2c(F)cc(Cl)cc21)[C@@H](C(N)=O)c1ccccc1. The Bertz CT molecular complexity index is 1220. The first-order valence-electron chi connectivity index (χ1n) is 10.6. The molecular formula is C26H24ClFN2O3. The van der Waals surface area contributed by atoms with Gasteiger partial charge in [0, 0.05) is 5.02 Å². The van der Waals surface area contributed by atoms with Gasteiger partial charge in [0.1, 0.15) is 17.6 Å². The van der Waals surface area contributed by atoms with Gasteiger partial charge in [-0.3, -0.25) is 9.59 Å². The van der Waals surface area contributed by atoms with E-state index in [4.69, 9.17) is 22.1 Å². The summed E-state index contributed by atoms with van der Waals surface area (Å²) in [5, 5.41) is 0.231. The van der Waals surface area contributed by atoms with Crippen molar-refractivity contribution in [3.8, 4) is 5.75 Å². The summed E-state index contributed by atoms with van der Waals surface area (Å²) in [5.74, 6) is -1.12. The Morgan fingerprint density at radius 2 is 1.88 bits per heavy atom. The molecule has 170 valence electrons. The number of carbonyl (C=O) groups is 2. The molecule has 0 aliphatic heterocycles. The van der Waals surface area contributed by atoms with Gasteiger partial charge in [0.2, 0.25) is 5.91 Å². The molecule has 7 heteroatoms. The molecule has 0 heterocycles. The Labute approximate surface area is 196 Å². The molecule has 0 spiro atoms. The Morgan fingerprint density at radius 1 is 1.15 bits per heavy atom. The molecule has 3 aromatic carbocycles. The van der Waals surface area contributed by atoms with E-state index < -0.39 is 29.7 Å². The fourth-order valence-electron chi connectivity index (χ4n) is 4.68. The van der Waals surface area contributed by atoms with Crippen LogP contribution in [0.3, 0.4) is 0 Å². The van der Waals surface area contributed by atoms with Crippen LogP contribution in [0.2, 0.25) is 5.02 Å². The lowest BCUT2D eigenvalue weighted by molar-refractivity contribution is -0.123. The molecule has 4 rings (SSSR count). The zero-order valence-corrected chi connectivity index (χ0v) is 19.1. The minimum atomic E-state index is -1.07. The van der Waals surface area contributed by atoms with E-state index >= 15 is 0 Å². The van der Waals surface area contributed by atoms with Crippen molar-refractivity contribution in [2.24, 2.45) is 5.73 Å². The van der Waals surface area contributed by atoms with Crippen LogP contribution in [0.25, 0.3) is 0 Å². The minimum Gasteiger partial charge on any atom is -0.496 e. The number of nitrogens with zero attached hydrogens (tertiary/aromatic N) is 1. The van der Waals surface area contributed by atoms with E-state index in [1.807, 2.05) is 19.1 Å². The van der Waals surface area contributed by atoms with Gasteiger partial charge in [0.05, 0.1) is 18.7 Å². The molecule has 1 aliphatic rings. The number of fused-ring (bicyclic) bond motifs is 1. The molecule has 0 aromatic heterocycles. The molecule has 2 N–H and O–H groups in total. The lowest BCUT2D eigenvalue weighted by atomic mass is 9.97. The van der Waals surface area contributed by atoms with Crippen molar-refractivity contribution in [3.05, 3.63) is 99.3 Å². The number of ether oxygens (including phenoxy) is 1. The Hall–Kier alpha value is -3.38. The largest absolute Gasteiger partial charge is 0.496 e. The Balaban J connectivity index is 1.92. The second kappa shape index (κ2) is 9.24. The number of rotatable bonds is 6. The van der Waals surface area contributed by atoms with E-state index in [1.165, 1.54) is 18.1 Å². The highest BCUT2D eigenvalue weighted by Gasteiger charge is 2.41. The number of carbonyl (C=O) groups excluding carboxylic acids is 2. The van der Waals surface area contributed by atoms with Gasteiger partial charge >= 0.3 is 0 Å². The van der Waals surface area contributed by atoms with Gasteiger partial charge in [-0.1, -0.05) is 54.1 Å². The van der Waals surface area contributed by atoms with Crippen LogP contribution in [0.5, 0.6) is 5.75 Å². The summed E-state index contributed by atoms with van der Waals surface area (Å²) in [5.41, 5.74) is 8.60. The molecule has 3 aromatic rings. The molecule has 33 heavy (non-hydrogen) atoms. The third kappa shape index (κ3) is 4.18. The van der Waals surface area contributed by atoms with Crippen LogP contribution in [0.15, 0.2) is 60.7 Å². The van der Waals surface area contributed by atoms with Crippen molar-refractivity contribution < 1.29 is 18.7 Å². The molecule has 0 saturated carbocycles. The monoisotopic (exact) mass is 466 g/mol. The highest BCUT2D eigenvalue weighted by molar-refractivity contribution is 6.30. The predicted molar refractivity (Wildman–Crippen MR) is 125 cm³/mol. The first-order chi connectivity index (χ1) is 15.8. The normalized spacial score (nSPS) is 15.6. The maximum absolute atomic E-state index is 14.7. The molecule has 2 amide bonds. The molecule has 0 unspecified atom stereocenters. The topological polar surface area (TPSA) is 72.6 Å². The van der Waals surface area contributed by atoms with Crippen molar-refractivity contribution in [1.82, 2.24) is 4.90 Å².